The number of thiocarbonyl (C=S) groups is 1. The molecular formula is C20H27N3O5S. The zero-order valence-electron chi connectivity index (χ0n) is 16.7. The summed E-state index contributed by atoms with van der Waals surface area (Å²) >= 11 is 5.53. The van der Waals surface area contributed by atoms with Crippen LogP contribution < -0.4 is 4.74 Å². The number of fused-ring (bicyclic) bond motifs is 1. The van der Waals surface area contributed by atoms with E-state index in [0.29, 0.717) is 24.1 Å². The molecule has 0 bridgehead atoms. The number of aromatic nitrogens is 1. The molecule has 3 heterocycles. The largest absolute Gasteiger partial charge is 0.478 e. The minimum atomic E-state index is -1.26. The van der Waals surface area contributed by atoms with Gasteiger partial charge in [0.2, 0.25) is 5.88 Å². The van der Waals surface area contributed by atoms with Gasteiger partial charge in [0, 0.05) is 38.0 Å². The van der Waals surface area contributed by atoms with Crippen molar-refractivity contribution in [1.82, 2.24) is 14.8 Å². The molecule has 0 radical (unpaired) electrons. The molecular weight excluding hydrogens is 394 g/mol. The highest BCUT2D eigenvalue weighted by Gasteiger charge is 2.27. The molecule has 0 saturated carbocycles. The minimum absolute atomic E-state index is 0.150. The second kappa shape index (κ2) is 10.9. The number of carbonyl (C=O) groups is 2. The Morgan fingerprint density at radius 1 is 1.34 bits per heavy atom. The van der Waals surface area contributed by atoms with Crippen LogP contribution in [-0.2, 0) is 9.59 Å². The fourth-order valence-corrected chi connectivity index (χ4v) is 3.59. The molecule has 2 N–H and O–H groups in total. The van der Waals surface area contributed by atoms with E-state index in [1.54, 1.807) is 6.20 Å². The van der Waals surface area contributed by atoms with Gasteiger partial charge in [-0.1, -0.05) is 12.2 Å². The first-order valence-electron chi connectivity index (χ1n) is 9.53. The molecule has 2 aliphatic heterocycles. The molecule has 9 heteroatoms. The minimum Gasteiger partial charge on any atom is -0.478 e. The lowest BCUT2D eigenvalue weighted by atomic mass is 10.2. The maximum atomic E-state index is 9.55. The average Bonchev–Trinajstić information content (AvgIpc) is 3.04. The Labute approximate surface area is 175 Å². The number of hydrogen-bond acceptors (Lipinski definition) is 6. The SMILES string of the molecule is CC1CCCN1CCC1CN(C)C(=S)c2cccnc2O1.O=C(O)/C=C/C(=O)O. The standard InChI is InChI=1S/C16H23N3OS.C4H4O4/c1-12-5-4-9-19(12)10-7-13-11-18(2)16(21)14-6-3-8-17-15(14)20-13;5-3(6)1-2-4(7)8/h3,6,8,12-13H,4-5,7,9-11H2,1-2H3;1-2H,(H,5,6)(H,7,8)/b;2-1+. The zero-order chi connectivity index (χ0) is 21.4. The van der Waals surface area contributed by atoms with Crippen molar-refractivity contribution in [2.75, 3.05) is 26.7 Å². The summed E-state index contributed by atoms with van der Waals surface area (Å²) in [5.41, 5.74) is 0.937. The van der Waals surface area contributed by atoms with Crippen LogP contribution in [0.1, 0.15) is 31.7 Å². The summed E-state index contributed by atoms with van der Waals surface area (Å²) in [6, 6.07) is 4.61. The number of aliphatic carboxylic acids is 2. The molecule has 0 aliphatic carbocycles. The van der Waals surface area contributed by atoms with Crippen molar-refractivity contribution in [3.05, 3.63) is 36.0 Å². The monoisotopic (exact) mass is 421 g/mol. The lowest BCUT2D eigenvalue weighted by molar-refractivity contribution is -0.134. The third-order valence-electron chi connectivity index (χ3n) is 4.90. The zero-order valence-corrected chi connectivity index (χ0v) is 17.5. The summed E-state index contributed by atoms with van der Waals surface area (Å²) in [4.78, 5) is 29.0. The van der Waals surface area contributed by atoms with Gasteiger partial charge < -0.3 is 24.7 Å². The average molecular weight is 422 g/mol. The number of likely N-dealkylation sites (tertiary alicyclic amines) is 1. The van der Waals surface area contributed by atoms with Crippen molar-refractivity contribution in [3.63, 3.8) is 0 Å². The first-order chi connectivity index (χ1) is 13.8. The Hall–Kier alpha value is -2.52. The van der Waals surface area contributed by atoms with Crippen LogP contribution in [0.4, 0.5) is 0 Å². The van der Waals surface area contributed by atoms with Crippen molar-refractivity contribution >= 4 is 29.1 Å². The van der Waals surface area contributed by atoms with E-state index in [1.165, 1.54) is 19.4 Å². The molecule has 0 amide bonds. The van der Waals surface area contributed by atoms with Crippen LogP contribution in [0.5, 0.6) is 5.88 Å². The van der Waals surface area contributed by atoms with Gasteiger partial charge in [-0.3, -0.25) is 0 Å². The Morgan fingerprint density at radius 2 is 2.03 bits per heavy atom. The number of rotatable bonds is 5. The number of pyridine rings is 1. The molecule has 0 spiro atoms. The van der Waals surface area contributed by atoms with E-state index < -0.39 is 11.9 Å². The summed E-state index contributed by atoms with van der Waals surface area (Å²) in [5.74, 6) is -1.83. The van der Waals surface area contributed by atoms with Gasteiger partial charge >= 0.3 is 11.9 Å². The number of hydrogen-bond donors (Lipinski definition) is 2. The number of carboxylic acid groups (broad SMARTS) is 2. The lowest BCUT2D eigenvalue weighted by Gasteiger charge is -2.25. The molecule has 3 rings (SSSR count). The van der Waals surface area contributed by atoms with Crippen LogP contribution in [0, 0.1) is 0 Å². The molecule has 2 aliphatic rings. The van der Waals surface area contributed by atoms with Crippen LogP contribution >= 0.6 is 12.2 Å². The summed E-state index contributed by atoms with van der Waals surface area (Å²) in [7, 11) is 2.04. The Balaban J connectivity index is 0.000000321. The van der Waals surface area contributed by atoms with E-state index in [-0.39, 0.29) is 6.10 Å². The Kier molecular flexibility index (Phi) is 8.53. The Bertz CT molecular complexity index is 754. The van der Waals surface area contributed by atoms with E-state index in [0.717, 1.165) is 30.1 Å². The maximum absolute atomic E-state index is 9.55. The first-order valence-corrected chi connectivity index (χ1v) is 9.94. The maximum Gasteiger partial charge on any atom is 0.328 e. The molecule has 0 aromatic carbocycles. The molecule has 1 aromatic heterocycles. The second-order valence-corrected chi connectivity index (χ2v) is 7.49. The van der Waals surface area contributed by atoms with Crippen molar-refractivity contribution in [2.45, 2.75) is 38.3 Å². The molecule has 29 heavy (non-hydrogen) atoms. The Morgan fingerprint density at radius 3 is 2.62 bits per heavy atom. The lowest BCUT2D eigenvalue weighted by Crippen LogP contribution is -2.37. The van der Waals surface area contributed by atoms with Crippen LogP contribution in [0.25, 0.3) is 0 Å². The van der Waals surface area contributed by atoms with Gasteiger partial charge in [0.1, 0.15) is 11.1 Å². The van der Waals surface area contributed by atoms with Crippen LogP contribution in [0.15, 0.2) is 30.5 Å². The van der Waals surface area contributed by atoms with E-state index in [1.807, 2.05) is 19.2 Å². The summed E-state index contributed by atoms with van der Waals surface area (Å²) in [6.45, 7) is 5.46. The molecule has 2 unspecified atom stereocenters. The predicted molar refractivity (Wildman–Crippen MR) is 112 cm³/mol. The third-order valence-corrected chi connectivity index (χ3v) is 5.43. The molecule has 1 fully saturated rings. The van der Waals surface area contributed by atoms with Gasteiger partial charge in [0.15, 0.2) is 0 Å². The second-order valence-electron chi connectivity index (χ2n) is 7.11. The summed E-state index contributed by atoms with van der Waals surface area (Å²) in [6.07, 6.45) is 6.70. The van der Waals surface area contributed by atoms with Crippen molar-refractivity contribution in [1.29, 1.82) is 0 Å². The van der Waals surface area contributed by atoms with Crippen molar-refractivity contribution in [2.24, 2.45) is 0 Å². The van der Waals surface area contributed by atoms with Crippen LogP contribution in [0.2, 0.25) is 0 Å². The normalized spacial score (nSPS) is 21.7. The van der Waals surface area contributed by atoms with Crippen molar-refractivity contribution < 1.29 is 24.5 Å². The molecule has 2 atom stereocenters. The van der Waals surface area contributed by atoms with Crippen LogP contribution in [-0.4, -0.2) is 80.8 Å². The molecule has 8 nitrogen and oxygen atoms in total. The van der Waals surface area contributed by atoms with Crippen molar-refractivity contribution in [3.8, 4) is 5.88 Å². The fourth-order valence-electron chi connectivity index (χ4n) is 3.36. The van der Waals surface area contributed by atoms with Gasteiger partial charge in [0.25, 0.3) is 0 Å². The quantitative estimate of drug-likeness (QED) is 0.546. The predicted octanol–water partition coefficient (Wildman–Crippen LogP) is 2.04. The fraction of sp³-hybridized carbons (Fsp3) is 0.500. The summed E-state index contributed by atoms with van der Waals surface area (Å²) < 4.78 is 6.13. The van der Waals surface area contributed by atoms with Gasteiger partial charge in [-0.15, -0.1) is 0 Å². The third kappa shape index (κ3) is 7.10. The highest BCUT2D eigenvalue weighted by molar-refractivity contribution is 7.80. The number of likely N-dealkylation sites (N-methyl/N-ethyl adjacent to an activating group) is 1. The molecule has 1 saturated heterocycles. The van der Waals surface area contributed by atoms with E-state index in [2.05, 4.69) is 21.7 Å². The van der Waals surface area contributed by atoms with Gasteiger partial charge in [-0.05, 0) is 44.9 Å². The molecule has 1 aromatic rings. The summed E-state index contributed by atoms with van der Waals surface area (Å²) in [5, 5.41) is 15.6. The number of ether oxygens (including phenoxy) is 1. The number of carboxylic acids is 2. The van der Waals surface area contributed by atoms with Gasteiger partial charge in [-0.2, -0.15) is 0 Å². The van der Waals surface area contributed by atoms with E-state index >= 15 is 0 Å². The highest BCUT2D eigenvalue weighted by atomic mass is 32.1. The molecule has 158 valence electrons. The topological polar surface area (TPSA) is 103 Å². The number of nitrogens with zero attached hydrogens (tertiary/aromatic N) is 3. The van der Waals surface area contributed by atoms with Gasteiger partial charge in [-0.25, -0.2) is 14.6 Å². The smallest absolute Gasteiger partial charge is 0.328 e. The first kappa shape index (κ1) is 22.8. The van der Waals surface area contributed by atoms with E-state index in [4.69, 9.17) is 27.2 Å². The highest BCUT2D eigenvalue weighted by Crippen LogP contribution is 2.24. The van der Waals surface area contributed by atoms with E-state index in [9.17, 15) is 9.59 Å². The van der Waals surface area contributed by atoms with Gasteiger partial charge in [0.05, 0.1) is 12.1 Å². The van der Waals surface area contributed by atoms with Crippen LogP contribution in [0.3, 0.4) is 0 Å².